The number of piperazine rings is 1. The zero-order chi connectivity index (χ0) is 17.8. The number of hydrogen-bond acceptors (Lipinski definition) is 3. The van der Waals surface area contributed by atoms with Gasteiger partial charge in [-0.05, 0) is 55.8 Å². The summed E-state index contributed by atoms with van der Waals surface area (Å²) in [5.74, 6) is 0.225. The van der Waals surface area contributed by atoms with Gasteiger partial charge < -0.3 is 15.1 Å². The number of aryl methyl sites for hydroxylation is 1. The number of hydrogen-bond donors (Lipinski definition) is 1. The minimum atomic E-state index is 0.225. The van der Waals surface area contributed by atoms with Gasteiger partial charge in [0.05, 0.1) is 6.42 Å². The summed E-state index contributed by atoms with van der Waals surface area (Å²) in [6.45, 7) is 7.84. The van der Waals surface area contributed by atoms with Crippen LogP contribution in [0.2, 0.25) is 0 Å². The third-order valence-electron chi connectivity index (χ3n) is 5.05. The second-order valence-corrected chi connectivity index (χ2v) is 6.93. The van der Waals surface area contributed by atoms with Gasteiger partial charge in [0, 0.05) is 37.6 Å². The van der Waals surface area contributed by atoms with Crippen molar-refractivity contribution < 1.29 is 4.79 Å². The monoisotopic (exact) mass is 337 g/mol. The molecule has 1 aliphatic heterocycles. The van der Waals surface area contributed by atoms with E-state index in [0.29, 0.717) is 6.42 Å². The first kappa shape index (κ1) is 17.5. The maximum Gasteiger partial charge on any atom is 0.227 e. The Morgan fingerprint density at radius 1 is 1.00 bits per heavy atom. The molecule has 132 valence electrons. The first-order valence-electron chi connectivity index (χ1n) is 8.91. The second kappa shape index (κ2) is 7.70. The zero-order valence-electron chi connectivity index (χ0n) is 15.4. The number of anilines is 2. The number of amides is 1. The Morgan fingerprint density at radius 2 is 1.68 bits per heavy atom. The number of benzene rings is 2. The molecule has 2 aromatic carbocycles. The van der Waals surface area contributed by atoms with Crippen molar-refractivity contribution in [2.75, 3.05) is 38.5 Å². The fraction of sp³-hybridized carbons (Fsp3) is 0.381. The summed E-state index contributed by atoms with van der Waals surface area (Å²) in [6, 6.07) is 14.5. The van der Waals surface area contributed by atoms with E-state index in [2.05, 4.69) is 49.3 Å². The number of likely N-dealkylation sites (N-methyl/N-ethyl adjacent to an activating group) is 1. The van der Waals surface area contributed by atoms with E-state index in [1.807, 2.05) is 29.2 Å². The van der Waals surface area contributed by atoms with Crippen LogP contribution in [-0.4, -0.2) is 48.9 Å². The van der Waals surface area contributed by atoms with Crippen LogP contribution in [0.5, 0.6) is 0 Å². The van der Waals surface area contributed by atoms with Crippen LogP contribution in [-0.2, 0) is 11.2 Å². The van der Waals surface area contributed by atoms with E-state index in [9.17, 15) is 4.79 Å². The molecule has 0 atom stereocenters. The average Bonchev–Trinajstić information content (AvgIpc) is 2.61. The molecule has 1 heterocycles. The first-order chi connectivity index (χ1) is 12.0. The number of carbonyl (C=O) groups excluding carboxylic acids is 1. The number of rotatable bonds is 4. The van der Waals surface area contributed by atoms with Crippen molar-refractivity contribution in [3.8, 4) is 0 Å². The highest BCUT2D eigenvalue weighted by Crippen LogP contribution is 2.23. The van der Waals surface area contributed by atoms with Crippen LogP contribution < -0.4 is 5.32 Å². The molecule has 0 saturated carbocycles. The highest BCUT2D eigenvalue weighted by Gasteiger charge is 2.18. The zero-order valence-corrected chi connectivity index (χ0v) is 15.4. The maximum atomic E-state index is 12.4. The summed E-state index contributed by atoms with van der Waals surface area (Å²) in [6.07, 6.45) is 0.480. The molecule has 1 fully saturated rings. The summed E-state index contributed by atoms with van der Waals surface area (Å²) in [5, 5.41) is 3.46. The summed E-state index contributed by atoms with van der Waals surface area (Å²) in [4.78, 5) is 16.7. The van der Waals surface area contributed by atoms with Crippen LogP contribution in [0.4, 0.5) is 11.4 Å². The van der Waals surface area contributed by atoms with E-state index in [-0.39, 0.29) is 5.91 Å². The van der Waals surface area contributed by atoms with Crippen LogP contribution in [0.3, 0.4) is 0 Å². The van der Waals surface area contributed by atoms with Gasteiger partial charge >= 0.3 is 0 Å². The minimum absolute atomic E-state index is 0.225. The molecule has 4 nitrogen and oxygen atoms in total. The third kappa shape index (κ3) is 4.40. The second-order valence-electron chi connectivity index (χ2n) is 6.93. The van der Waals surface area contributed by atoms with Gasteiger partial charge in [0.2, 0.25) is 5.91 Å². The molecule has 4 heteroatoms. The summed E-state index contributed by atoms with van der Waals surface area (Å²) < 4.78 is 0. The van der Waals surface area contributed by atoms with Crippen LogP contribution in [0.15, 0.2) is 42.5 Å². The van der Waals surface area contributed by atoms with Crippen LogP contribution >= 0.6 is 0 Å². The maximum absolute atomic E-state index is 12.4. The molecule has 1 saturated heterocycles. The minimum Gasteiger partial charge on any atom is -0.355 e. The third-order valence-corrected chi connectivity index (χ3v) is 5.05. The standard InChI is InChI=1S/C21H27N3O/c1-16-5-4-6-20(17(16)2)22-19-9-7-18(8-10-19)15-21(25)24-13-11-23(3)12-14-24/h4-10,22H,11-15H2,1-3H3. The van der Waals surface area contributed by atoms with Crippen LogP contribution in [0.1, 0.15) is 16.7 Å². The number of nitrogens with zero attached hydrogens (tertiary/aromatic N) is 2. The van der Waals surface area contributed by atoms with E-state index in [1.165, 1.54) is 11.1 Å². The molecule has 0 aromatic heterocycles. The average molecular weight is 337 g/mol. The molecule has 3 rings (SSSR count). The molecule has 0 bridgehead atoms. The topological polar surface area (TPSA) is 35.6 Å². The van der Waals surface area contributed by atoms with Crippen molar-refractivity contribution in [2.45, 2.75) is 20.3 Å². The van der Waals surface area contributed by atoms with Gasteiger partial charge in [0.15, 0.2) is 0 Å². The van der Waals surface area contributed by atoms with Crippen molar-refractivity contribution >= 4 is 17.3 Å². The quantitative estimate of drug-likeness (QED) is 0.929. The Hall–Kier alpha value is -2.33. The lowest BCUT2D eigenvalue weighted by molar-refractivity contribution is -0.132. The SMILES string of the molecule is Cc1cccc(Nc2ccc(CC(=O)N3CCN(C)CC3)cc2)c1C. The fourth-order valence-electron chi connectivity index (χ4n) is 3.09. The van der Waals surface area contributed by atoms with Crippen LogP contribution in [0, 0.1) is 13.8 Å². The lowest BCUT2D eigenvalue weighted by Crippen LogP contribution is -2.47. The smallest absolute Gasteiger partial charge is 0.227 e. The number of nitrogens with one attached hydrogen (secondary N) is 1. The molecule has 0 unspecified atom stereocenters. The molecular weight excluding hydrogens is 310 g/mol. The summed E-state index contributed by atoms with van der Waals surface area (Å²) in [7, 11) is 2.10. The Bertz CT molecular complexity index is 731. The normalized spacial score (nSPS) is 15.2. The molecule has 0 aliphatic carbocycles. The molecule has 1 amide bonds. The largest absolute Gasteiger partial charge is 0.355 e. The van der Waals surface area contributed by atoms with E-state index >= 15 is 0 Å². The Morgan fingerprint density at radius 3 is 2.36 bits per heavy atom. The lowest BCUT2D eigenvalue weighted by atomic mass is 10.1. The van der Waals surface area contributed by atoms with Gasteiger partial charge in [0.1, 0.15) is 0 Å². The Kier molecular flexibility index (Phi) is 5.39. The van der Waals surface area contributed by atoms with Crippen molar-refractivity contribution in [2.24, 2.45) is 0 Å². The molecule has 2 aromatic rings. The van der Waals surface area contributed by atoms with Crippen molar-refractivity contribution in [3.63, 3.8) is 0 Å². The van der Waals surface area contributed by atoms with Gasteiger partial charge in [-0.1, -0.05) is 24.3 Å². The van der Waals surface area contributed by atoms with Crippen molar-refractivity contribution in [1.29, 1.82) is 0 Å². The Balaban J connectivity index is 1.60. The van der Waals surface area contributed by atoms with Crippen molar-refractivity contribution in [1.82, 2.24) is 9.80 Å². The predicted molar refractivity (Wildman–Crippen MR) is 103 cm³/mol. The summed E-state index contributed by atoms with van der Waals surface area (Å²) in [5.41, 5.74) is 5.78. The van der Waals surface area contributed by atoms with Gasteiger partial charge in [-0.15, -0.1) is 0 Å². The molecule has 0 radical (unpaired) electrons. The van der Waals surface area contributed by atoms with E-state index in [1.54, 1.807) is 0 Å². The van der Waals surface area contributed by atoms with Gasteiger partial charge in [-0.25, -0.2) is 0 Å². The Labute approximate surface area is 150 Å². The molecule has 25 heavy (non-hydrogen) atoms. The molecular formula is C21H27N3O. The molecule has 1 aliphatic rings. The highest BCUT2D eigenvalue weighted by atomic mass is 16.2. The lowest BCUT2D eigenvalue weighted by Gasteiger charge is -2.32. The van der Waals surface area contributed by atoms with Crippen molar-refractivity contribution in [3.05, 3.63) is 59.2 Å². The number of carbonyl (C=O) groups is 1. The van der Waals surface area contributed by atoms with Gasteiger partial charge in [0.25, 0.3) is 0 Å². The predicted octanol–water partition coefficient (Wildman–Crippen LogP) is 3.36. The highest BCUT2D eigenvalue weighted by molar-refractivity contribution is 5.79. The van der Waals surface area contributed by atoms with Gasteiger partial charge in [-0.2, -0.15) is 0 Å². The first-order valence-corrected chi connectivity index (χ1v) is 8.91. The van der Waals surface area contributed by atoms with Crippen LogP contribution in [0.25, 0.3) is 0 Å². The molecule has 0 spiro atoms. The van der Waals surface area contributed by atoms with Gasteiger partial charge in [-0.3, -0.25) is 4.79 Å². The van der Waals surface area contributed by atoms with E-state index in [0.717, 1.165) is 43.1 Å². The van der Waals surface area contributed by atoms with E-state index in [4.69, 9.17) is 0 Å². The fourth-order valence-corrected chi connectivity index (χ4v) is 3.09. The van der Waals surface area contributed by atoms with E-state index < -0.39 is 0 Å². The summed E-state index contributed by atoms with van der Waals surface area (Å²) >= 11 is 0. The molecule has 1 N–H and O–H groups in total.